The molecule has 0 spiro atoms. The highest BCUT2D eigenvalue weighted by Gasteiger charge is 2.21. The summed E-state index contributed by atoms with van der Waals surface area (Å²) in [5, 5.41) is 0. The van der Waals surface area contributed by atoms with Crippen molar-refractivity contribution in [3.8, 4) is 17.1 Å². The number of rotatable bonds is 4. The summed E-state index contributed by atoms with van der Waals surface area (Å²) in [6.07, 6.45) is 2.94. The van der Waals surface area contributed by atoms with Gasteiger partial charge in [0.1, 0.15) is 11.4 Å². The van der Waals surface area contributed by atoms with Crippen molar-refractivity contribution >= 4 is 10.0 Å². The third-order valence-electron chi connectivity index (χ3n) is 3.44. The lowest BCUT2D eigenvalue weighted by atomic mass is 10.1. The summed E-state index contributed by atoms with van der Waals surface area (Å²) in [7, 11) is -3.69. The molecule has 1 heterocycles. The van der Waals surface area contributed by atoms with E-state index in [4.69, 9.17) is 4.74 Å². The molecule has 6 heteroatoms. The maximum atomic E-state index is 12.8. The molecule has 25 heavy (non-hydrogen) atoms. The van der Waals surface area contributed by atoms with Gasteiger partial charge in [0, 0.05) is 18.0 Å². The van der Waals surface area contributed by atoms with Gasteiger partial charge in [0.15, 0.2) is 5.82 Å². The monoisotopic (exact) mass is 356 g/mol. The molecule has 3 aromatic rings. The summed E-state index contributed by atoms with van der Waals surface area (Å²) >= 11 is 0. The number of benzene rings is 2. The van der Waals surface area contributed by atoms with Gasteiger partial charge in [0.2, 0.25) is 0 Å². The Morgan fingerprint density at radius 3 is 2.20 bits per heavy atom. The van der Waals surface area contributed by atoms with E-state index in [2.05, 4.69) is 4.98 Å². The average molecular weight is 356 g/mol. The number of ether oxygens (including phenoxy) is 1. The van der Waals surface area contributed by atoms with Crippen molar-refractivity contribution in [1.29, 1.82) is 0 Å². The van der Waals surface area contributed by atoms with Crippen molar-refractivity contribution in [2.75, 3.05) is 0 Å². The Kier molecular flexibility index (Phi) is 4.39. The molecule has 0 aliphatic rings. The zero-order valence-corrected chi connectivity index (χ0v) is 15.2. The van der Waals surface area contributed by atoms with Crippen molar-refractivity contribution in [2.45, 2.75) is 31.3 Å². The lowest BCUT2D eigenvalue weighted by molar-refractivity contribution is 0.131. The maximum Gasteiger partial charge on any atom is 0.269 e. The fourth-order valence-electron chi connectivity index (χ4n) is 2.42. The van der Waals surface area contributed by atoms with Crippen molar-refractivity contribution in [1.82, 2.24) is 8.96 Å². The molecule has 0 atom stereocenters. The summed E-state index contributed by atoms with van der Waals surface area (Å²) in [5.41, 5.74) is 0.405. The Balaban J connectivity index is 1.97. The van der Waals surface area contributed by atoms with Crippen molar-refractivity contribution < 1.29 is 13.2 Å². The van der Waals surface area contributed by atoms with Gasteiger partial charge in [-0.15, -0.1) is 0 Å². The molecule has 5 nitrogen and oxygen atoms in total. The van der Waals surface area contributed by atoms with Crippen LogP contribution in [0.5, 0.6) is 5.75 Å². The number of imidazole rings is 1. The molecule has 1 aromatic heterocycles. The summed E-state index contributed by atoms with van der Waals surface area (Å²) in [4.78, 5) is 4.45. The molecule has 2 aromatic carbocycles. The predicted octanol–water partition coefficient (Wildman–Crippen LogP) is 3.96. The van der Waals surface area contributed by atoms with Crippen LogP contribution in [0, 0.1) is 0 Å². The second-order valence-electron chi connectivity index (χ2n) is 6.60. The van der Waals surface area contributed by atoms with Gasteiger partial charge < -0.3 is 4.74 Å². The molecule has 0 unspecified atom stereocenters. The Morgan fingerprint density at radius 1 is 0.960 bits per heavy atom. The predicted molar refractivity (Wildman–Crippen MR) is 97.1 cm³/mol. The summed E-state index contributed by atoms with van der Waals surface area (Å²) in [5.74, 6) is 1.09. The van der Waals surface area contributed by atoms with Crippen LogP contribution in [0.4, 0.5) is 0 Å². The molecule has 0 N–H and O–H groups in total. The summed E-state index contributed by atoms with van der Waals surface area (Å²) in [6.45, 7) is 5.92. The molecule has 0 aliphatic carbocycles. The summed E-state index contributed by atoms with van der Waals surface area (Å²) in [6, 6.07) is 15.6. The van der Waals surface area contributed by atoms with Gasteiger partial charge in [0.25, 0.3) is 10.0 Å². The van der Waals surface area contributed by atoms with Gasteiger partial charge >= 0.3 is 0 Å². The lowest BCUT2D eigenvalue weighted by Crippen LogP contribution is -2.22. The van der Waals surface area contributed by atoms with Crippen LogP contribution < -0.4 is 4.74 Å². The fraction of sp³-hybridized carbons (Fsp3) is 0.211. The number of nitrogens with zero attached hydrogens (tertiary/aromatic N) is 2. The first-order valence-electron chi connectivity index (χ1n) is 7.91. The minimum atomic E-state index is -3.69. The van der Waals surface area contributed by atoms with Crippen LogP contribution in [-0.4, -0.2) is 23.0 Å². The van der Waals surface area contributed by atoms with Crippen molar-refractivity contribution in [2.24, 2.45) is 0 Å². The smallest absolute Gasteiger partial charge is 0.269 e. The molecular weight excluding hydrogens is 336 g/mol. The van der Waals surface area contributed by atoms with E-state index >= 15 is 0 Å². The number of hydrogen-bond acceptors (Lipinski definition) is 4. The Morgan fingerprint density at radius 2 is 1.60 bits per heavy atom. The van der Waals surface area contributed by atoms with Crippen LogP contribution in [0.2, 0.25) is 0 Å². The Hall–Kier alpha value is -2.60. The van der Waals surface area contributed by atoms with Crippen LogP contribution >= 0.6 is 0 Å². The van der Waals surface area contributed by atoms with Crippen LogP contribution in [0.3, 0.4) is 0 Å². The van der Waals surface area contributed by atoms with E-state index in [9.17, 15) is 8.42 Å². The third kappa shape index (κ3) is 3.74. The second kappa shape index (κ2) is 6.37. The Bertz CT molecular complexity index is 954. The highest BCUT2D eigenvalue weighted by Crippen LogP contribution is 2.26. The van der Waals surface area contributed by atoms with Gasteiger partial charge in [-0.3, -0.25) is 0 Å². The summed E-state index contributed by atoms with van der Waals surface area (Å²) < 4.78 is 32.7. The molecule has 0 radical (unpaired) electrons. The van der Waals surface area contributed by atoms with Gasteiger partial charge in [-0.05, 0) is 57.2 Å². The van der Waals surface area contributed by atoms with E-state index < -0.39 is 10.0 Å². The van der Waals surface area contributed by atoms with Crippen LogP contribution in [0.15, 0.2) is 71.9 Å². The molecule has 0 saturated heterocycles. The molecule has 3 rings (SSSR count). The van der Waals surface area contributed by atoms with Crippen LogP contribution in [-0.2, 0) is 10.0 Å². The zero-order valence-electron chi connectivity index (χ0n) is 14.4. The fourth-order valence-corrected chi connectivity index (χ4v) is 3.74. The normalized spacial score (nSPS) is 12.1. The zero-order chi connectivity index (χ0) is 18.1. The van der Waals surface area contributed by atoms with E-state index in [1.54, 1.807) is 42.5 Å². The molecule has 130 valence electrons. The van der Waals surface area contributed by atoms with E-state index in [1.807, 2.05) is 32.9 Å². The van der Waals surface area contributed by atoms with Crippen LogP contribution in [0.1, 0.15) is 20.8 Å². The highest BCUT2D eigenvalue weighted by molar-refractivity contribution is 7.90. The van der Waals surface area contributed by atoms with Crippen molar-refractivity contribution in [3.05, 3.63) is 67.0 Å². The third-order valence-corrected chi connectivity index (χ3v) is 5.12. The minimum absolute atomic E-state index is 0.224. The van der Waals surface area contributed by atoms with Gasteiger partial charge in [-0.1, -0.05) is 18.2 Å². The van der Waals surface area contributed by atoms with Crippen molar-refractivity contribution in [3.63, 3.8) is 0 Å². The largest absolute Gasteiger partial charge is 0.488 e. The highest BCUT2D eigenvalue weighted by atomic mass is 32.2. The molecule has 0 saturated carbocycles. The quantitative estimate of drug-likeness (QED) is 0.710. The molecule has 0 aliphatic heterocycles. The molecular formula is C19H20N2O3S. The average Bonchev–Trinajstić information content (AvgIpc) is 3.05. The second-order valence-corrected chi connectivity index (χ2v) is 8.42. The van der Waals surface area contributed by atoms with Crippen LogP contribution in [0.25, 0.3) is 11.4 Å². The topological polar surface area (TPSA) is 61.2 Å². The molecule has 0 amide bonds. The molecule has 0 fully saturated rings. The first-order chi connectivity index (χ1) is 11.8. The first kappa shape index (κ1) is 17.2. The first-order valence-corrected chi connectivity index (χ1v) is 9.35. The Labute approximate surface area is 148 Å². The van der Waals surface area contributed by atoms with E-state index in [-0.39, 0.29) is 10.5 Å². The molecule has 0 bridgehead atoms. The SMILES string of the molecule is CC(C)(C)Oc1ccc(-c2nccn2S(=O)(=O)c2ccccc2)cc1. The lowest BCUT2D eigenvalue weighted by Gasteiger charge is -2.21. The number of aromatic nitrogens is 2. The van der Waals surface area contributed by atoms with Gasteiger partial charge in [-0.2, -0.15) is 0 Å². The van der Waals surface area contributed by atoms with E-state index in [0.29, 0.717) is 11.4 Å². The standard InChI is InChI=1S/C19H20N2O3S/c1-19(2,3)24-16-11-9-15(10-12-16)18-20-13-14-21(18)25(22,23)17-7-5-4-6-8-17/h4-14H,1-3H3. The van der Waals surface area contributed by atoms with Gasteiger partial charge in [0.05, 0.1) is 4.90 Å². The van der Waals surface area contributed by atoms with Gasteiger partial charge in [-0.25, -0.2) is 17.4 Å². The maximum absolute atomic E-state index is 12.8. The van der Waals surface area contributed by atoms with E-state index in [0.717, 1.165) is 5.75 Å². The van der Waals surface area contributed by atoms with E-state index in [1.165, 1.54) is 16.4 Å². The number of hydrogen-bond donors (Lipinski definition) is 0. The minimum Gasteiger partial charge on any atom is -0.488 e.